The Morgan fingerprint density at radius 1 is 1.33 bits per heavy atom. The van der Waals surface area contributed by atoms with Crippen molar-refractivity contribution in [2.75, 3.05) is 11.9 Å². The van der Waals surface area contributed by atoms with Crippen LogP contribution in [0.5, 0.6) is 0 Å². The van der Waals surface area contributed by atoms with Gasteiger partial charge in [-0.25, -0.2) is 4.98 Å². The van der Waals surface area contributed by atoms with Crippen molar-refractivity contribution >= 4 is 34.0 Å². The lowest BCUT2D eigenvalue weighted by molar-refractivity contribution is -0.385. The summed E-state index contributed by atoms with van der Waals surface area (Å²) in [4.78, 5) is 42.8. The first kappa shape index (κ1) is 19.7. The van der Waals surface area contributed by atoms with Gasteiger partial charge in [0.25, 0.3) is 17.5 Å². The zero-order valence-electron chi connectivity index (χ0n) is 16.2. The maximum absolute atomic E-state index is 13.0. The second kappa shape index (κ2) is 7.67. The fourth-order valence-corrected chi connectivity index (χ4v) is 4.30. The quantitative estimate of drug-likeness (QED) is 0.500. The normalized spacial score (nSPS) is 13.1. The summed E-state index contributed by atoms with van der Waals surface area (Å²) in [5, 5.41) is 18.0. The molecule has 0 aliphatic carbocycles. The topological polar surface area (TPSA) is 131 Å². The minimum atomic E-state index is -0.491. The van der Waals surface area contributed by atoms with E-state index in [0.717, 1.165) is 10.6 Å². The summed E-state index contributed by atoms with van der Waals surface area (Å²) in [6.07, 6.45) is 0.532. The summed E-state index contributed by atoms with van der Waals surface area (Å²) in [5.74, 6) is -0.152. The van der Waals surface area contributed by atoms with Crippen LogP contribution in [0.1, 0.15) is 42.7 Å². The van der Waals surface area contributed by atoms with Crippen LogP contribution in [-0.2, 0) is 13.0 Å². The number of hydrogen-bond donors (Lipinski definition) is 1. The molecule has 2 aromatic heterocycles. The number of fused-ring (bicyclic) bond motifs is 1. The van der Waals surface area contributed by atoms with Crippen LogP contribution >= 0.6 is 11.3 Å². The summed E-state index contributed by atoms with van der Waals surface area (Å²) in [7, 11) is 0. The van der Waals surface area contributed by atoms with Crippen molar-refractivity contribution in [1.29, 1.82) is 0 Å². The molecular formula is C19H17N5O5S. The van der Waals surface area contributed by atoms with E-state index in [0.29, 0.717) is 41.5 Å². The number of nitrogens with zero attached hydrogens (tertiary/aromatic N) is 4. The van der Waals surface area contributed by atoms with Crippen LogP contribution in [0.15, 0.2) is 28.8 Å². The van der Waals surface area contributed by atoms with Gasteiger partial charge in [-0.3, -0.25) is 25.0 Å². The number of hydrogen-bond acceptors (Lipinski definition) is 8. The molecule has 10 nitrogen and oxygen atoms in total. The smallest absolute Gasteiger partial charge is 0.279 e. The van der Waals surface area contributed by atoms with Gasteiger partial charge in [-0.2, -0.15) is 0 Å². The number of aryl methyl sites for hydroxylation is 1. The molecule has 2 amide bonds. The summed E-state index contributed by atoms with van der Waals surface area (Å²) in [5.41, 5.74) is 1.57. The molecule has 0 atom stereocenters. The Morgan fingerprint density at radius 2 is 2.13 bits per heavy atom. The fourth-order valence-electron chi connectivity index (χ4n) is 3.28. The summed E-state index contributed by atoms with van der Waals surface area (Å²) in [6.45, 7) is 4.04. The van der Waals surface area contributed by atoms with E-state index in [1.54, 1.807) is 24.8 Å². The van der Waals surface area contributed by atoms with E-state index in [1.807, 2.05) is 0 Å². The number of amides is 2. The molecule has 1 aliphatic heterocycles. The summed E-state index contributed by atoms with van der Waals surface area (Å²) in [6, 6.07) is 6.03. The summed E-state index contributed by atoms with van der Waals surface area (Å²) >= 11 is 1.29. The molecule has 3 aromatic rings. The number of nitro groups is 1. The Hall–Kier alpha value is -3.60. The van der Waals surface area contributed by atoms with Crippen molar-refractivity contribution in [1.82, 2.24) is 15.0 Å². The van der Waals surface area contributed by atoms with Gasteiger partial charge >= 0.3 is 0 Å². The molecular weight excluding hydrogens is 410 g/mol. The number of aromatic nitrogens is 2. The first-order valence-electron chi connectivity index (χ1n) is 9.10. The Bertz CT molecular complexity index is 1170. The lowest BCUT2D eigenvalue weighted by atomic mass is 10.0. The maximum Gasteiger partial charge on any atom is 0.279 e. The first-order valence-corrected chi connectivity index (χ1v) is 9.91. The second-order valence-corrected chi connectivity index (χ2v) is 7.93. The molecule has 3 heterocycles. The van der Waals surface area contributed by atoms with E-state index < -0.39 is 10.8 Å². The van der Waals surface area contributed by atoms with Gasteiger partial charge in [0.1, 0.15) is 5.76 Å². The lowest BCUT2D eigenvalue weighted by Crippen LogP contribution is -2.35. The number of thiazole rings is 1. The Balaban J connectivity index is 1.50. The molecule has 1 aromatic carbocycles. The van der Waals surface area contributed by atoms with Gasteiger partial charge in [0, 0.05) is 41.1 Å². The minimum absolute atomic E-state index is 0.0792. The highest BCUT2D eigenvalue weighted by atomic mass is 32.1. The highest BCUT2D eigenvalue weighted by molar-refractivity contribution is 7.15. The highest BCUT2D eigenvalue weighted by Crippen LogP contribution is 2.30. The van der Waals surface area contributed by atoms with E-state index in [-0.39, 0.29) is 17.3 Å². The monoisotopic (exact) mass is 427 g/mol. The Labute approximate surface area is 174 Å². The molecule has 0 spiro atoms. The number of carbonyl (C=O) groups excluding carboxylic acids is 2. The van der Waals surface area contributed by atoms with Gasteiger partial charge in [0.05, 0.1) is 17.2 Å². The third kappa shape index (κ3) is 3.66. The van der Waals surface area contributed by atoms with Crippen LogP contribution in [-0.4, -0.2) is 38.3 Å². The van der Waals surface area contributed by atoms with Crippen LogP contribution in [0.25, 0.3) is 0 Å². The third-order valence-corrected chi connectivity index (χ3v) is 5.83. The highest BCUT2D eigenvalue weighted by Gasteiger charge is 2.28. The van der Waals surface area contributed by atoms with Gasteiger partial charge in [0.15, 0.2) is 10.8 Å². The molecule has 0 bridgehead atoms. The van der Waals surface area contributed by atoms with Crippen molar-refractivity contribution in [2.45, 2.75) is 26.8 Å². The number of rotatable bonds is 4. The van der Waals surface area contributed by atoms with Crippen molar-refractivity contribution < 1.29 is 19.0 Å². The summed E-state index contributed by atoms with van der Waals surface area (Å²) < 4.78 is 4.91. The predicted molar refractivity (Wildman–Crippen MR) is 108 cm³/mol. The van der Waals surface area contributed by atoms with E-state index in [4.69, 9.17) is 4.52 Å². The molecule has 11 heteroatoms. The molecule has 4 rings (SSSR count). The second-order valence-electron chi connectivity index (χ2n) is 6.85. The average molecular weight is 427 g/mol. The maximum atomic E-state index is 13.0. The third-order valence-electron chi connectivity index (χ3n) is 4.83. The number of benzene rings is 1. The number of nitrogens with one attached hydrogen (secondary N) is 1. The Kier molecular flexibility index (Phi) is 5.04. The molecule has 0 saturated carbocycles. The zero-order valence-corrected chi connectivity index (χ0v) is 17.0. The molecule has 154 valence electrons. The molecule has 0 fully saturated rings. The van der Waals surface area contributed by atoms with Gasteiger partial charge in [-0.05, 0) is 19.9 Å². The standard InChI is InChI=1S/C19H17N5O5S/c1-10-8-14(22-29-10)17(25)21-19-20-13-6-7-23(9-16(13)30-19)18(26)12-4-3-5-15(11(12)2)24(27)28/h3-5,8H,6-7,9H2,1-2H3,(H,20,21,25). The fraction of sp³-hybridized carbons (Fsp3) is 0.263. The number of nitro benzene ring substituents is 1. The first-order chi connectivity index (χ1) is 14.3. The van der Waals surface area contributed by atoms with Crippen molar-refractivity contribution in [3.8, 4) is 0 Å². The van der Waals surface area contributed by atoms with Crippen molar-refractivity contribution in [3.63, 3.8) is 0 Å². The van der Waals surface area contributed by atoms with Crippen LogP contribution in [0.4, 0.5) is 10.8 Å². The average Bonchev–Trinajstić information content (AvgIpc) is 3.32. The van der Waals surface area contributed by atoms with Gasteiger partial charge in [0.2, 0.25) is 0 Å². The lowest BCUT2D eigenvalue weighted by Gasteiger charge is -2.26. The van der Waals surface area contributed by atoms with Gasteiger partial charge in [-0.15, -0.1) is 0 Å². The van der Waals surface area contributed by atoms with Crippen LogP contribution in [0.2, 0.25) is 0 Å². The zero-order chi connectivity index (χ0) is 21.4. The molecule has 1 N–H and O–H groups in total. The SMILES string of the molecule is Cc1cc(C(=O)Nc2nc3c(s2)CN(C(=O)c2cccc([N+](=O)[O-])c2C)CC3)no1. The molecule has 1 aliphatic rings. The largest absolute Gasteiger partial charge is 0.361 e. The van der Waals surface area contributed by atoms with Crippen LogP contribution in [0.3, 0.4) is 0 Å². The van der Waals surface area contributed by atoms with E-state index in [9.17, 15) is 19.7 Å². The Morgan fingerprint density at radius 3 is 2.83 bits per heavy atom. The minimum Gasteiger partial charge on any atom is -0.361 e. The molecule has 0 radical (unpaired) electrons. The van der Waals surface area contributed by atoms with Crippen LogP contribution in [0, 0.1) is 24.0 Å². The van der Waals surface area contributed by atoms with E-state index in [1.165, 1.54) is 29.5 Å². The van der Waals surface area contributed by atoms with Crippen molar-refractivity contribution in [3.05, 3.63) is 67.5 Å². The van der Waals surface area contributed by atoms with Gasteiger partial charge < -0.3 is 9.42 Å². The molecule has 0 saturated heterocycles. The predicted octanol–water partition coefficient (Wildman–Crippen LogP) is 3.11. The molecule has 30 heavy (non-hydrogen) atoms. The van der Waals surface area contributed by atoms with Crippen molar-refractivity contribution in [2.24, 2.45) is 0 Å². The molecule has 0 unspecified atom stereocenters. The number of anilines is 1. The van der Waals surface area contributed by atoms with Crippen LogP contribution < -0.4 is 5.32 Å². The van der Waals surface area contributed by atoms with E-state index in [2.05, 4.69) is 15.5 Å². The van der Waals surface area contributed by atoms with E-state index >= 15 is 0 Å². The van der Waals surface area contributed by atoms with Gasteiger partial charge in [-0.1, -0.05) is 22.6 Å². The number of carbonyl (C=O) groups is 2.